The lowest BCUT2D eigenvalue weighted by Crippen LogP contribution is -2.33. The highest BCUT2D eigenvalue weighted by Gasteiger charge is 2.18. The number of nitrogens with zero attached hydrogens (tertiary/aromatic N) is 1. The van der Waals surface area contributed by atoms with Gasteiger partial charge < -0.3 is 30.3 Å². The predicted molar refractivity (Wildman–Crippen MR) is 165 cm³/mol. The van der Waals surface area contributed by atoms with E-state index in [0.717, 1.165) is 36.8 Å². The molecule has 3 aromatic carbocycles. The lowest BCUT2D eigenvalue weighted by molar-refractivity contribution is -0.132. The standard InChI is InChI=1S/C31H39ClNO7P.H3N/c1-38-28-19-17-26(18-20-28)24-33(21-23-40-41(35,36)37)30(34)16-6-5-13-27-14-9-15-29(31(27)32)39-22-8-7-12-25-10-3-2-4-11-25;/h2-4,9-11,14-15,17-20H,5-8,12-13,16,21-24H2,1H3,(H2,35,36,37);1H3. The van der Waals surface area contributed by atoms with Crippen molar-refractivity contribution in [2.75, 3.05) is 26.9 Å². The molecule has 42 heavy (non-hydrogen) atoms. The molecule has 5 N–H and O–H groups in total. The van der Waals surface area contributed by atoms with Crippen LogP contribution in [0.5, 0.6) is 11.5 Å². The van der Waals surface area contributed by atoms with Gasteiger partial charge in [-0.15, -0.1) is 0 Å². The topological polar surface area (TPSA) is 141 Å². The van der Waals surface area contributed by atoms with E-state index < -0.39 is 7.82 Å². The van der Waals surface area contributed by atoms with Gasteiger partial charge in [0.15, 0.2) is 0 Å². The smallest absolute Gasteiger partial charge is 0.469 e. The van der Waals surface area contributed by atoms with Crippen LogP contribution in [0.4, 0.5) is 0 Å². The van der Waals surface area contributed by atoms with E-state index in [1.807, 2.05) is 36.4 Å². The SMILES string of the molecule is COc1ccc(CN(CCOP(=O)(O)O)C(=O)CCCCc2cccc(OCCCCc3ccccc3)c2Cl)cc1.N. The van der Waals surface area contributed by atoms with Crippen LogP contribution in [0.3, 0.4) is 0 Å². The Morgan fingerprint density at radius 1 is 0.857 bits per heavy atom. The van der Waals surface area contributed by atoms with Gasteiger partial charge >= 0.3 is 7.82 Å². The summed E-state index contributed by atoms with van der Waals surface area (Å²) in [5.74, 6) is 1.26. The number of amides is 1. The van der Waals surface area contributed by atoms with Gasteiger partial charge in [0.1, 0.15) is 11.5 Å². The van der Waals surface area contributed by atoms with Crippen LogP contribution < -0.4 is 15.6 Å². The van der Waals surface area contributed by atoms with E-state index in [2.05, 4.69) is 28.8 Å². The van der Waals surface area contributed by atoms with Crippen molar-refractivity contribution in [1.29, 1.82) is 0 Å². The molecule has 0 aliphatic rings. The van der Waals surface area contributed by atoms with Crippen molar-refractivity contribution in [3.05, 3.63) is 94.5 Å². The molecule has 0 aromatic heterocycles. The quantitative estimate of drug-likeness (QED) is 0.105. The first-order chi connectivity index (χ1) is 19.7. The van der Waals surface area contributed by atoms with Crippen molar-refractivity contribution < 1.29 is 33.1 Å². The summed E-state index contributed by atoms with van der Waals surface area (Å²) in [5, 5.41) is 0.609. The first kappa shape index (κ1) is 35.3. The van der Waals surface area contributed by atoms with E-state index in [1.165, 1.54) is 5.56 Å². The fourth-order valence-corrected chi connectivity index (χ4v) is 4.98. The van der Waals surface area contributed by atoms with Gasteiger partial charge in [0.2, 0.25) is 5.91 Å². The maximum absolute atomic E-state index is 13.0. The average molecular weight is 621 g/mol. The highest BCUT2D eigenvalue weighted by Crippen LogP contribution is 2.35. The van der Waals surface area contributed by atoms with Crippen LogP contribution in [-0.4, -0.2) is 47.5 Å². The maximum atomic E-state index is 13.0. The predicted octanol–water partition coefficient (Wildman–Crippen LogP) is 6.76. The van der Waals surface area contributed by atoms with E-state index >= 15 is 0 Å². The van der Waals surface area contributed by atoms with Crippen LogP contribution in [-0.2, 0) is 33.3 Å². The summed E-state index contributed by atoms with van der Waals surface area (Å²) in [7, 11) is -3.04. The zero-order valence-electron chi connectivity index (χ0n) is 24.1. The van der Waals surface area contributed by atoms with Crippen molar-refractivity contribution in [3.63, 3.8) is 0 Å². The molecule has 1 amide bonds. The summed E-state index contributed by atoms with van der Waals surface area (Å²) in [5.41, 5.74) is 3.18. The number of halogens is 1. The molecular formula is C31H42ClN2O7P. The molecule has 0 saturated carbocycles. The second-order valence-corrected chi connectivity index (χ2v) is 11.3. The normalized spacial score (nSPS) is 11.0. The largest absolute Gasteiger partial charge is 0.497 e. The fraction of sp³-hybridized carbons (Fsp3) is 0.387. The third-order valence-electron chi connectivity index (χ3n) is 6.60. The molecule has 0 unspecified atom stereocenters. The maximum Gasteiger partial charge on any atom is 0.469 e. The van der Waals surface area contributed by atoms with E-state index in [1.54, 1.807) is 24.1 Å². The molecular weight excluding hydrogens is 579 g/mol. The molecule has 0 atom stereocenters. The molecule has 0 heterocycles. The molecule has 0 saturated heterocycles. The summed E-state index contributed by atoms with van der Waals surface area (Å²) in [6.45, 7) is 0.692. The highest BCUT2D eigenvalue weighted by atomic mass is 35.5. The molecule has 3 aromatic rings. The minimum Gasteiger partial charge on any atom is -0.497 e. The van der Waals surface area contributed by atoms with Crippen LogP contribution in [0.2, 0.25) is 5.02 Å². The Balaban J connectivity index is 0.00000616. The third-order valence-corrected chi connectivity index (χ3v) is 7.54. The monoisotopic (exact) mass is 620 g/mol. The first-order valence-corrected chi connectivity index (χ1v) is 15.7. The summed E-state index contributed by atoms with van der Waals surface area (Å²) in [6.07, 6.45) is 5.38. The van der Waals surface area contributed by atoms with Crippen molar-refractivity contribution >= 4 is 25.3 Å². The Kier molecular flexibility index (Phi) is 15.6. The number of carbonyl (C=O) groups excluding carboxylic acids is 1. The van der Waals surface area contributed by atoms with Crippen molar-refractivity contribution in [3.8, 4) is 11.5 Å². The lowest BCUT2D eigenvalue weighted by atomic mass is 10.1. The number of carbonyl (C=O) groups is 1. The third kappa shape index (κ3) is 12.9. The van der Waals surface area contributed by atoms with E-state index in [9.17, 15) is 9.36 Å². The molecule has 230 valence electrons. The van der Waals surface area contributed by atoms with Crippen LogP contribution in [0, 0.1) is 0 Å². The number of phosphoric ester groups is 1. The first-order valence-electron chi connectivity index (χ1n) is 13.8. The number of ether oxygens (including phenoxy) is 2. The van der Waals surface area contributed by atoms with E-state index in [4.69, 9.17) is 30.9 Å². The Bertz CT molecular complexity index is 1260. The number of rotatable bonds is 18. The minimum absolute atomic E-state index is 0. The Morgan fingerprint density at radius 3 is 2.26 bits per heavy atom. The number of hydrogen-bond acceptors (Lipinski definition) is 6. The van der Waals surface area contributed by atoms with Crippen molar-refractivity contribution in [1.82, 2.24) is 11.1 Å². The van der Waals surface area contributed by atoms with Crippen LogP contribution >= 0.6 is 19.4 Å². The Hall–Kier alpha value is -2.91. The summed E-state index contributed by atoms with van der Waals surface area (Å²) < 4.78 is 26.8. The van der Waals surface area contributed by atoms with Gasteiger partial charge in [-0.2, -0.15) is 0 Å². The second kappa shape index (κ2) is 18.6. The van der Waals surface area contributed by atoms with Gasteiger partial charge in [0, 0.05) is 19.5 Å². The summed E-state index contributed by atoms with van der Waals surface area (Å²) >= 11 is 6.63. The van der Waals surface area contributed by atoms with Gasteiger partial charge in [0.05, 0.1) is 25.3 Å². The van der Waals surface area contributed by atoms with Gasteiger partial charge in [-0.05, 0) is 73.4 Å². The molecule has 0 spiro atoms. The average Bonchev–Trinajstić information content (AvgIpc) is 2.96. The zero-order chi connectivity index (χ0) is 29.5. The van der Waals surface area contributed by atoms with Crippen molar-refractivity contribution in [2.45, 2.75) is 51.5 Å². The van der Waals surface area contributed by atoms with Gasteiger partial charge in [-0.25, -0.2) is 4.57 Å². The van der Waals surface area contributed by atoms with E-state index in [-0.39, 0.29) is 25.2 Å². The Labute approximate surface area is 253 Å². The van der Waals surface area contributed by atoms with Gasteiger partial charge in [-0.1, -0.05) is 66.2 Å². The number of unbranched alkanes of at least 4 members (excludes halogenated alkanes) is 2. The number of methoxy groups -OCH3 is 1. The summed E-state index contributed by atoms with van der Waals surface area (Å²) in [4.78, 5) is 32.6. The molecule has 3 rings (SSSR count). The number of hydrogen-bond donors (Lipinski definition) is 3. The van der Waals surface area contributed by atoms with Crippen LogP contribution in [0.15, 0.2) is 72.8 Å². The van der Waals surface area contributed by atoms with Gasteiger partial charge in [0.25, 0.3) is 0 Å². The fourth-order valence-electron chi connectivity index (χ4n) is 4.38. The number of aryl methyl sites for hydroxylation is 2. The van der Waals surface area contributed by atoms with Crippen LogP contribution in [0.25, 0.3) is 0 Å². The second-order valence-electron chi connectivity index (χ2n) is 9.71. The minimum atomic E-state index is -4.62. The summed E-state index contributed by atoms with van der Waals surface area (Å²) in [6, 6.07) is 23.5. The number of benzene rings is 3. The molecule has 11 heteroatoms. The molecule has 0 bridgehead atoms. The number of phosphoric acid groups is 1. The molecule has 0 aliphatic carbocycles. The van der Waals surface area contributed by atoms with Crippen molar-refractivity contribution in [2.24, 2.45) is 0 Å². The molecule has 9 nitrogen and oxygen atoms in total. The molecule has 0 fully saturated rings. The molecule has 0 radical (unpaired) electrons. The Morgan fingerprint density at radius 2 is 1.57 bits per heavy atom. The zero-order valence-corrected chi connectivity index (χ0v) is 25.8. The van der Waals surface area contributed by atoms with Gasteiger partial charge in [-0.3, -0.25) is 9.32 Å². The van der Waals surface area contributed by atoms with Crippen LogP contribution in [0.1, 0.15) is 48.8 Å². The lowest BCUT2D eigenvalue weighted by Gasteiger charge is -2.23. The highest BCUT2D eigenvalue weighted by molar-refractivity contribution is 7.46. The van der Waals surface area contributed by atoms with E-state index in [0.29, 0.717) is 48.9 Å². The molecule has 0 aliphatic heterocycles.